The van der Waals surface area contributed by atoms with Gasteiger partial charge in [-0.05, 0) is 5.75 Å². The predicted molar refractivity (Wildman–Crippen MR) is 88.9 cm³/mol. The lowest BCUT2D eigenvalue weighted by molar-refractivity contribution is 0.415. The zero-order valence-corrected chi connectivity index (χ0v) is 15.8. The van der Waals surface area contributed by atoms with E-state index in [1.54, 1.807) is 0 Å². The Morgan fingerprint density at radius 1 is 0.593 bits per heavy atom. The van der Waals surface area contributed by atoms with Crippen LogP contribution >= 0.6 is 23.5 Å². The largest absolute Gasteiger partial charge is 0.203 e. The molecular weight excluding hydrogens is 420 g/mol. The first-order chi connectivity index (χ1) is 12.5. The molecule has 0 fully saturated rings. The molecule has 0 aromatic heterocycles. The van der Waals surface area contributed by atoms with Crippen LogP contribution in [0.2, 0.25) is 0 Å². The maximum atomic E-state index is 14.3. The van der Waals surface area contributed by atoms with Crippen molar-refractivity contribution in [1.29, 1.82) is 0 Å². The van der Waals surface area contributed by atoms with E-state index in [4.69, 9.17) is 0 Å². The molecule has 0 bridgehead atoms. The number of thioether (sulfide) groups is 2. The Morgan fingerprint density at radius 2 is 0.926 bits per heavy atom. The summed E-state index contributed by atoms with van der Waals surface area (Å²) in [5.74, 6) is -16.2. The zero-order valence-electron chi connectivity index (χ0n) is 14.1. The number of halogens is 8. The third-order valence-electron chi connectivity index (χ3n) is 3.34. The van der Waals surface area contributed by atoms with E-state index in [9.17, 15) is 35.1 Å². The lowest BCUT2D eigenvalue weighted by Crippen LogP contribution is -2.09. The first kappa shape index (κ1) is 21.9. The molecule has 0 nitrogen and oxygen atoms in total. The van der Waals surface area contributed by atoms with Gasteiger partial charge in [-0.15, -0.1) is 23.5 Å². The van der Waals surface area contributed by atoms with Crippen LogP contribution in [0.1, 0.15) is 20.8 Å². The summed E-state index contributed by atoms with van der Waals surface area (Å²) in [7, 11) is 0. The van der Waals surface area contributed by atoms with E-state index in [-0.39, 0.29) is 5.75 Å². The van der Waals surface area contributed by atoms with Crippen LogP contribution < -0.4 is 0 Å². The molecule has 0 saturated carbocycles. The van der Waals surface area contributed by atoms with Crippen LogP contribution in [0, 0.1) is 46.5 Å². The maximum absolute atomic E-state index is 14.3. The molecule has 0 aliphatic carbocycles. The van der Waals surface area contributed by atoms with Crippen molar-refractivity contribution in [2.24, 2.45) is 0 Å². The summed E-state index contributed by atoms with van der Waals surface area (Å²) in [5, 5.41) is -0.479. The highest BCUT2D eigenvalue weighted by Crippen LogP contribution is 2.42. The molecular formula is C17H12F8S2. The Kier molecular flexibility index (Phi) is 6.72. The van der Waals surface area contributed by atoms with Gasteiger partial charge >= 0.3 is 0 Å². The molecule has 10 heteroatoms. The quantitative estimate of drug-likeness (QED) is 0.281. The van der Waals surface area contributed by atoms with Gasteiger partial charge in [0.15, 0.2) is 46.5 Å². The van der Waals surface area contributed by atoms with E-state index >= 15 is 0 Å². The van der Waals surface area contributed by atoms with E-state index in [2.05, 4.69) is 0 Å². The number of hydrogen-bond donors (Lipinski definition) is 0. The molecule has 0 radical (unpaired) electrons. The standard InChI is InChI=1S/C17H12F8S2/c1-4-26-16-12(22)8(18)6(9(19)13(16)23)7-10(20)14(24)17(27-5(2)3)15(25)11(7)21/h5H,4H2,1-3H3. The van der Waals surface area contributed by atoms with Crippen molar-refractivity contribution in [1.82, 2.24) is 0 Å². The Bertz CT molecular complexity index is 837. The van der Waals surface area contributed by atoms with Gasteiger partial charge in [0.25, 0.3) is 0 Å². The van der Waals surface area contributed by atoms with Gasteiger partial charge in [-0.25, -0.2) is 35.1 Å². The van der Waals surface area contributed by atoms with Gasteiger partial charge in [0.05, 0.1) is 20.9 Å². The second-order valence-corrected chi connectivity index (χ2v) is 8.38. The SMILES string of the molecule is CCSc1c(F)c(F)c(-c2c(F)c(F)c(SC(C)C)c(F)c2F)c(F)c1F. The summed E-state index contributed by atoms with van der Waals surface area (Å²) < 4.78 is 114. The summed E-state index contributed by atoms with van der Waals surface area (Å²) in [5.41, 5.74) is -3.70. The molecule has 0 heterocycles. The number of rotatable bonds is 5. The highest BCUT2D eigenvalue weighted by molar-refractivity contribution is 8.00. The number of hydrogen-bond acceptors (Lipinski definition) is 2. The van der Waals surface area contributed by atoms with Crippen LogP contribution in [0.3, 0.4) is 0 Å². The van der Waals surface area contributed by atoms with Gasteiger partial charge in [-0.1, -0.05) is 20.8 Å². The predicted octanol–water partition coefficient (Wildman–Crippen LogP) is 7.08. The molecule has 0 spiro atoms. The first-order valence-corrected chi connectivity index (χ1v) is 9.42. The van der Waals surface area contributed by atoms with Crippen molar-refractivity contribution in [2.75, 3.05) is 5.75 Å². The summed E-state index contributed by atoms with van der Waals surface area (Å²) in [6.45, 7) is 4.42. The third-order valence-corrected chi connectivity index (χ3v) is 5.34. The molecule has 0 saturated heterocycles. The van der Waals surface area contributed by atoms with Gasteiger partial charge < -0.3 is 0 Å². The average molecular weight is 432 g/mol. The van der Waals surface area contributed by atoms with Crippen LogP contribution in [0.5, 0.6) is 0 Å². The Labute approximate surface area is 158 Å². The van der Waals surface area contributed by atoms with E-state index in [0.717, 1.165) is 0 Å². The molecule has 27 heavy (non-hydrogen) atoms. The van der Waals surface area contributed by atoms with Gasteiger partial charge in [0, 0.05) is 5.25 Å². The van der Waals surface area contributed by atoms with Gasteiger partial charge in [0.1, 0.15) is 0 Å². The molecule has 2 aromatic rings. The fourth-order valence-corrected chi connectivity index (χ4v) is 3.85. The van der Waals surface area contributed by atoms with Crippen molar-refractivity contribution in [3.8, 4) is 11.1 Å². The monoisotopic (exact) mass is 432 g/mol. The van der Waals surface area contributed by atoms with E-state index in [1.165, 1.54) is 20.8 Å². The normalized spacial score (nSPS) is 11.6. The van der Waals surface area contributed by atoms with Gasteiger partial charge in [-0.2, -0.15) is 0 Å². The Hall–Kier alpha value is -1.42. The summed E-state index contributed by atoms with van der Waals surface area (Å²) >= 11 is 0.854. The van der Waals surface area contributed by atoms with Crippen LogP contribution in [-0.4, -0.2) is 11.0 Å². The summed E-state index contributed by atoms with van der Waals surface area (Å²) in [6.07, 6.45) is 0. The second-order valence-electron chi connectivity index (χ2n) is 5.52. The number of benzene rings is 2. The Morgan fingerprint density at radius 3 is 1.22 bits per heavy atom. The minimum Gasteiger partial charge on any atom is -0.203 e. The summed E-state index contributed by atoms with van der Waals surface area (Å²) in [6, 6.07) is 0. The Balaban J connectivity index is 2.88. The van der Waals surface area contributed by atoms with Crippen molar-refractivity contribution in [2.45, 2.75) is 35.8 Å². The fourth-order valence-electron chi connectivity index (χ4n) is 2.27. The molecule has 0 amide bonds. The van der Waals surface area contributed by atoms with E-state index in [0.29, 0.717) is 23.5 Å². The zero-order chi connectivity index (χ0) is 20.6. The smallest absolute Gasteiger partial charge is 0.176 e. The molecule has 2 rings (SSSR count). The minimum atomic E-state index is -2.15. The topological polar surface area (TPSA) is 0 Å². The van der Waals surface area contributed by atoms with Crippen LogP contribution in [0.4, 0.5) is 35.1 Å². The van der Waals surface area contributed by atoms with Crippen molar-refractivity contribution in [3.05, 3.63) is 46.5 Å². The lowest BCUT2D eigenvalue weighted by Gasteiger charge is -2.16. The molecule has 0 unspecified atom stereocenters. The highest BCUT2D eigenvalue weighted by atomic mass is 32.2. The fraction of sp³-hybridized carbons (Fsp3) is 0.294. The van der Waals surface area contributed by atoms with E-state index in [1.807, 2.05) is 0 Å². The molecule has 0 aliphatic heterocycles. The van der Waals surface area contributed by atoms with Crippen LogP contribution in [-0.2, 0) is 0 Å². The highest BCUT2D eigenvalue weighted by Gasteiger charge is 2.34. The van der Waals surface area contributed by atoms with Gasteiger partial charge in [0.2, 0.25) is 0 Å². The first-order valence-electron chi connectivity index (χ1n) is 7.56. The molecule has 148 valence electrons. The minimum absolute atomic E-state index is 0.0408. The molecule has 2 aromatic carbocycles. The van der Waals surface area contributed by atoms with Gasteiger partial charge in [-0.3, -0.25) is 0 Å². The molecule has 0 atom stereocenters. The van der Waals surface area contributed by atoms with Crippen LogP contribution in [0.25, 0.3) is 11.1 Å². The second kappa shape index (κ2) is 8.30. The van der Waals surface area contributed by atoms with Crippen molar-refractivity contribution in [3.63, 3.8) is 0 Å². The lowest BCUT2D eigenvalue weighted by atomic mass is 10.0. The van der Waals surface area contributed by atoms with Crippen LogP contribution in [0.15, 0.2) is 9.79 Å². The maximum Gasteiger partial charge on any atom is 0.176 e. The van der Waals surface area contributed by atoms with Crippen molar-refractivity contribution >= 4 is 23.5 Å². The molecule has 0 N–H and O–H groups in total. The summed E-state index contributed by atoms with van der Waals surface area (Å²) in [4.78, 5) is -2.08. The van der Waals surface area contributed by atoms with Crippen molar-refractivity contribution < 1.29 is 35.1 Å². The van der Waals surface area contributed by atoms with E-state index < -0.39 is 72.7 Å². The average Bonchev–Trinajstić information content (AvgIpc) is 2.61. The third kappa shape index (κ3) is 3.78. The molecule has 0 aliphatic rings.